The summed E-state index contributed by atoms with van der Waals surface area (Å²) in [6.45, 7) is 0.376. The highest BCUT2D eigenvalue weighted by Gasteiger charge is 2.11. The maximum atomic E-state index is 11.8. The third kappa shape index (κ3) is 2.10. The lowest BCUT2D eigenvalue weighted by Crippen LogP contribution is -2.22. The summed E-state index contributed by atoms with van der Waals surface area (Å²) in [6.07, 6.45) is 1.48. The summed E-state index contributed by atoms with van der Waals surface area (Å²) in [5.74, 6) is 0.0694. The smallest absolute Gasteiger partial charge is 0.287 e. The topological polar surface area (TPSA) is 60.1 Å². The number of aromatic nitrogens is 2. The van der Waals surface area contributed by atoms with Crippen LogP contribution in [0.2, 0.25) is 0 Å². The highest BCUT2D eigenvalue weighted by Crippen LogP contribution is 2.17. The van der Waals surface area contributed by atoms with E-state index < -0.39 is 0 Å². The first-order valence-electron chi connectivity index (χ1n) is 5.98. The number of hydrogen-bond donors (Lipinski definition) is 1. The van der Waals surface area contributed by atoms with Crippen molar-refractivity contribution in [2.75, 3.05) is 0 Å². The van der Waals surface area contributed by atoms with Crippen LogP contribution in [0.5, 0.6) is 0 Å². The minimum absolute atomic E-state index is 0.236. The van der Waals surface area contributed by atoms with Crippen molar-refractivity contribution in [1.82, 2.24) is 15.1 Å². The summed E-state index contributed by atoms with van der Waals surface area (Å²) in [5, 5.41) is 8.26. The third-order valence-electron chi connectivity index (χ3n) is 3.00. The Balaban J connectivity index is 1.81. The average Bonchev–Trinajstić information content (AvgIpc) is 3.06. The number of fused-ring (bicyclic) bond motifs is 1. The number of para-hydroxylation sites is 1. The molecule has 1 N–H and O–H groups in total. The second-order valence-corrected chi connectivity index (χ2v) is 4.25. The molecule has 19 heavy (non-hydrogen) atoms. The molecule has 1 aromatic carbocycles. The van der Waals surface area contributed by atoms with Gasteiger partial charge in [-0.1, -0.05) is 18.2 Å². The molecule has 0 aliphatic heterocycles. The molecule has 0 radical (unpaired) electrons. The monoisotopic (exact) mass is 255 g/mol. The van der Waals surface area contributed by atoms with Gasteiger partial charge in [0.1, 0.15) is 0 Å². The lowest BCUT2D eigenvalue weighted by molar-refractivity contribution is 0.0923. The van der Waals surface area contributed by atoms with Crippen LogP contribution < -0.4 is 5.32 Å². The van der Waals surface area contributed by atoms with Crippen LogP contribution in [0.15, 0.2) is 47.1 Å². The van der Waals surface area contributed by atoms with Gasteiger partial charge in [0, 0.05) is 12.4 Å². The van der Waals surface area contributed by atoms with Crippen molar-refractivity contribution in [3.05, 3.63) is 54.1 Å². The SMILES string of the molecule is Cn1nc(CNC(=O)c2ccco2)c2ccccc21. The Bertz CT molecular complexity index is 713. The first-order chi connectivity index (χ1) is 9.25. The van der Waals surface area contributed by atoms with Crippen molar-refractivity contribution in [3.63, 3.8) is 0 Å². The lowest BCUT2D eigenvalue weighted by Gasteiger charge is -2.00. The number of amides is 1. The van der Waals surface area contributed by atoms with Crippen molar-refractivity contribution in [2.24, 2.45) is 7.05 Å². The number of nitrogens with one attached hydrogen (secondary N) is 1. The summed E-state index contributed by atoms with van der Waals surface area (Å²) >= 11 is 0. The van der Waals surface area contributed by atoms with E-state index in [-0.39, 0.29) is 5.91 Å². The molecule has 0 saturated carbocycles. The molecule has 2 aromatic heterocycles. The van der Waals surface area contributed by atoms with Gasteiger partial charge in [-0.3, -0.25) is 9.48 Å². The second-order valence-electron chi connectivity index (χ2n) is 4.25. The molecule has 0 atom stereocenters. The molecule has 2 heterocycles. The molecule has 0 aliphatic carbocycles. The zero-order chi connectivity index (χ0) is 13.2. The minimum Gasteiger partial charge on any atom is -0.459 e. The predicted molar refractivity (Wildman–Crippen MR) is 70.6 cm³/mol. The third-order valence-corrected chi connectivity index (χ3v) is 3.00. The van der Waals surface area contributed by atoms with E-state index in [1.807, 2.05) is 36.0 Å². The Labute approximate surface area is 109 Å². The highest BCUT2D eigenvalue weighted by atomic mass is 16.3. The molecule has 0 saturated heterocycles. The molecule has 0 spiro atoms. The Morgan fingerprint density at radius 1 is 1.32 bits per heavy atom. The van der Waals surface area contributed by atoms with Gasteiger partial charge in [-0.2, -0.15) is 5.10 Å². The fourth-order valence-electron chi connectivity index (χ4n) is 2.08. The Hall–Kier alpha value is -2.56. The molecule has 0 fully saturated rings. The number of carbonyl (C=O) groups excluding carboxylic acids is 1. The zero-order valence-corrected chi connectivity index (χ0v) is 10.5. The summed E-state index contributed by atoms with van der Waals surface area (Å²) in [5.41, 5.74) is 1.89. The van der Waals surface area contributed by atoms with Crippen LogP contribution in [-0.2, 0) is 13.6 Å². The van der Waals surface area contributed by atoms with Gasteiger partial charge in [0.25, 0.3) is 5.91 Å². The first kappa shape index (κ1) is 11.5. The number of aryl methyl sites for hydroxylation is 1. The maximum absolute atomic E-state index is 11.8. The fraction of sp³-hybridized carbons (Fsp3) is 0.143. The molecule has 1 amide bonds. The van der Waals surface area contributed by atoms with E-state index in [2.05, 4.69) is 10.4 Å². The van der Waals surface area contributed by atoms with Gasteiger partial charge in [0.05, 0.1) is 24.0 Å². The summed E-state index contributed by atoms with van der Waals surface area (Å²) in [4.78, 5) is 11.8. The van der Waals surface area contributed by atoms with Gasteiger partial charge in [0.15, 0.2) is 5.76 Å². The molecule has 0 unspecified atom stereocenters. The summed E-state index contributed by atoms with van der Waals surface area (Å²) in [7, 11) is 1.89. The van der Waals surface area contributed by atoms with E-state index in [0.717, 1.165) is 16.6 Å². The van der Waals surface area contributed by atoms with Gasteiger partial charge in [0.2, 0.25) is 0 Å². The van der Waals surface area contributed by atoms with Gasteiger partial charge in [-0.05, 0) is 18.2 Å². The molecule has 96 valence electrons. The number of nitrogens with zero attached hydrogens (tertiary/aromatic N) is 2. The zero-order valence-electron chi connectivity index (χ0n) is 10.5. The minimum atomic E-state index is -0.236. The molecule has 5 heteroatoms. The molecule has 0 aliphatic rings. The van der Waals surface area contributed by atoms with Crippen LogP contribution in [0.25, 0.3) is 10.9 Å². The Kier molecular flexibility index (Phi) is 2.79. The van der Waals surface area contributed by atoms with Crippen LogP contribution in [-0.4, -0.2) is 15.7 Å². The van der Waals surface area contributed by atoms with Gasteiger partial charge in [-0.25, -0.2) is 0 Å². The summed E-state index contributed by atoms with van der Waals surface area (Å²) < 4.78 is 6.85. The van der Waals surface area contributed by atoms with Crippen molar-refractivity contribution >= 4 is 16.8 Å². The van der Waals surface area contributed by atoms with E-state index in [1.54, 1.807) is 12.1 Å². The van der Waals surface area contributed by atoms with Gasteiger partial charge >= 0.3 is 0 Å². The Morgan fingerprint density at radius 2 is 2.16 bits per heavy atom. The largest absolute Gasteiger partial charge is 0.459 e. The van der Waals surface area contributed by atoms with Crippen molar-refractivity contribution < 1.29 is 9.21 Å². The lowest BCUT2D eigenvalue weighted by atomic mass is 10.2. The standard InChI is InChI=1S/C14H13N3O2/c1-17-12-6-3-2-5-10(12)11(16-17)9-15-14(18)13-7-4-8-19-13/h2-8H,9H2,1H3,(H,15,18). The number of hydrogen-bond acceptors (Lipinski definition) is 3. The average molecular weight is 255 g/mol. The van der Waals surface area contributed by atoms with Crippen molar-refractivity contribution in [3.8, 4) is 0 Å². The van der Waals surface area contributed by atoms with Gasteiger partial charge < -0.3 is 9.73 Å². The van der Waals surface area contributed by atoms with E-state index in [0.29, 0.717) is 12.3 Å². The number of rotatable bonds is 3. The van der Waals surface area contributed by atoms with Crippen LogP contribution in [0, 0.1) is 0 Å². The van der Waals surface area contributed by atoms with Crippen molar-refractivity contribution in [2.45, 2.75) is 6.54 Å². The molecule has 3 aromatic rings. The molecule has 0 bridgehead atoms. The van der Waals surface area contributed by atoms with Crippen molar-refractivity contribution in [1.29, 1.82) is 0 Å². The first-order valence-corrected chi connectivity index (χ1v) is 5.98. The molecular weight excluding hydrogens is 242 g/mol. The number of benzene rings is 1. The molecule has 5 nitrogen and oxygen atoms in total. The van der Waals surface area contributed by atoms with Crippen LogP contribution in [0.4, 0.5) is 0 Å². The fourth-order valence-corrected chi connectivity index (χ4v) is 2.08. The van der Waals surface area contributed by atoms with E-state index in [1.165, 1.54) is 6.26 Å². The van der Waals surface area contributed by atoms with E-state index in [4.69, 9.17) is 4.42 Å². The van der Waals surface area contributed by atoms with Crippen LogP contribution in [0.3, 0.4) is 0 Å². The van der Waals surface area contributed by atoms with E-state index in [9.17, 15) is 4.79 Å². The van der Waals surface area contributed by atoms with Crippen LogP contribution in [0.1, 0.15) is 16.2 Å². The summed E-state index contributed by atoms with van der Waals surface area (Å²) in [6, 6.07) is 11.2. The van der Waals surface area contributed by atoms with Gasteiger partial charge in [-0.15, -0.1) is 0 Å². The second kappa shape index (κ2) is 4.61. The molecular formula is C14H13N3O2. The number of furan rings is 1. The quantitative estimate of drug-likeness (QED) is 0.779. The highest BCUT2D eigenvalue weighted by molar-refractivity contribution is 5.91. The normalized spacial score (nSPS) is 10.8. The Morgan fingerprint density at radius 3 is 2.95 bits per heavy atom. The van der Waals surface area contributed by atoms with Crippen LogP contribution >= 0.6 is 0 Å². The van der Waals surface area contributed by atoms with E-state index >= 15 is 0 Å². The predicted octanol–water partition coefficient (Wildman–Crippen LogP) is 2.10. The maximum Gasteiger partial charge on any atom is 0.287 e. The number of carbonyl (C=O) groups is 1. The molecule has 3 rings (SSSR count).